The van der Waals surface area contributed by atoms with Gasteiger partial charge in [-0.25, -0.2) is 4.98 Å². The Morgan fingerprint density at radius 1 is 1.50 bits per heavy atom. The molecule has 0 radical (unpaired) electrons. The van der Waals surface area contributed by atoms with Crippen LogP contribution in [0.4, 0.5) is 5.69 Å². The van der Waals surface area contributed by atoms with Crippen molar-refractivity contribution in [1.82, 2.24) is 4.98 Å². The molecule has 0 amide bonds. The molecule has 1 N–H and O–H groups in total. The predicted molar refractivity (Wildman–Crippen MR) is 69.5 cm³/mol. The van der Waals surface area contributed by atoms with Crippen LogP contribution in [0.15, 0.2) is 12.1 Å². The van der Waals surface area contributed by atoms with Crippen LogP contribution < -0.4 is 10.1 Å². The second kappa shape index (κ2) is 5.43. The zero-order chi connectivity index (χ0) is 11.4. The number of thioether (sulfide) groups is 1. The number of pyridine rings is 1. The van der Waals surface area contributed by atoms with Crippen LogP contribution in [-0.2, 0) is 0 Å². The van der Waals surface area contributed by atoms with Gasteiger partial charge in [0, 0.05) is 17.9 Å². The average Bonchev–Trinajstić information content (AvgIpc) is 2.33. The van der Waals surface area contributed by atoms with Crippen molar-refractivity contribution in [3.8, 4) is 5.88 Å². The van der Waals surface area contributed by atoms with Gasteiger partial charge in [-0.2, -0.15) is 11.8 Å². The van der Waals surface area contributed by atoms with Gasteiger partial charge in [-0.05, 0) is 31.6 Å². The average molecular weight is 238 g/mol. The Hall–Kier alpha value is -0.900. The highest BCUT2D eigenvalue weighted by Crippen LogP contribution is 2.23. The zero-order valence-corrected chi connectivity index (χ0v) is 10.6. The molecule has 1 aliphatic heterocycles. The van der Waals surface area contributed by atoms with Crippen LogP contribution in [-0.4, -0.2) is 29.6 Å². The Balaban J connectivity index is 2.03. The summed E-state index contributed by atoms with van der Waals surface area (Å²) in [5.74, 6) is 3.19. The van der Waals surface area contributed by atoms with E-state index in [0.29, 0.717) is 11.9 Å². The summed E-state index contributed by atoms with van der Waals surface area (Å²) in [7, 11) is 1.65. The molecule has 1 saturated heterocycles. The summed E-state index contributed by atoms with van der Waals surface area (Å²) >= 11 is 2.03. The van der Waals surface area contributed by atoms with Crippen LogP contribution in [0.2, 0.25) is 0 Å². The third kappa shape index (κ3) is 2.82. The molecule has 3 nitrogen and oxygen atoms in total. The molecule has 16 heavy (non-hydrogen) atoms. The van der Waals surface area contributed by atoms with E-state index in [0.717, 1.165) is 11.4 Å². The molecule has 1 fully saturated rings. The lowest BCUT2D eigenvalue weighted by Crippen LogP contribution is -2.26. The van der Waals surface area contributed by atoms with Gasteiger partial charge in [-0.15, -0.1) is 0 Å². The normalized spacial score (nSPS) is 20.5. The minimum Gasteiger partial charge on any atom is -0.481 e. The Kier molecular flexibility index (Phi) is 3.93. The van der Waals surface area contributed by atoms with Gasteiger partial charge in [-0.1, -0.05) is 0 Å². The number of rotatable bonds is 3. The van der Waals surface area contributed by atoms with Gasteiger partial charge in [0.05, 0.1) is 18.5 Å². The van der Waals surface area contributed by atoms with Gasteiger partial charge >= 0.3 is 0 Å². The molecular weight excluding hydrogens is 220 g/mol. The molecule has 1 atom stereocenters. The predicted octanol–water partition coefficient (Wildman–Crippen LogP) is 2.71. The highest BCUT2D eigenvalue weighted by Gasteiger charge is 2.14. The Labute approximate surface area is 101 Å². The van der Waals surface area contributed by atoms with Crippen molar-refractivity contribution < 1.29 is 4.74 Å². The molecule has 0 bridgehead atoms. The van der Waals surface area contributed by atoms with E-state index >= 15 is 0 Å². The second-order valence-electron chi connectivity index (χ2n) is 4.04. The Bertz CT molecular complexity index is 351. The van der Waals surface area contributed by atoms with Crippen molar-refractivity contribution in [1.29, 1.82) is 0 Å². The van der Waals surface area contributed by atoms with Gasteiger partial charge in [0.15, 0.2) is 0 Å². The first-order valence-corrected chi connectivity index (χ1v) is 6.81. The second-order valence-corrected chi connectivity index (χ2v) is 5.19. The van der Waals surface area contributed by atoms with Gasteiger partial charge < -0.3 is 10.1 Å². The summed E-state index contributed by atoms with van der Waals surface area (Å²) in [5.41, 5.74) is 2.14. The number of aromatic nitrogens is 1. The zero-order valence-electron chi connectivity index (χ0n) is 9.82. The largest absolute Gasteiger partial charge is 0.481 e. The smallest absolute Gasteiger partial charge is 0.213 e. The summed E-state index contributed by atoms with van der Waals surface area (Å²) in [6.45, 7) is 2.01. The molecule has 2 rings (SSSR count). The molecular formula is C12H18N2OS. The van der Waals surface area contributed by atoms with Gasteiger partial charge in [0.2, 0.25) is 5.88 Å². The number of nitrogens with one attached hydrogen (secondary N) is 1. The molecule has 0 saturated carbocycles. The van der Waals surface area contributed by atoms with Crippen LogP contribution in [0.5, 0.6) is 5.88 Å². The highest BCUT2D eigenvalue weighted by molar-refractivity contribution is 7.99. The molecule has 1 aliphatic rings. The maximum atomic E-state index is 5.10. The van der Waals surface area contributed by atoms with E-state index in [1.165, 1.54) is 24.3 Å². The summed E-state index contributed by atoms with van der Waals surface area (Å²) in [6, 6.07) is 4.55. The minimum absolute atomic E-state index is 0.590. The monoisotopic (exact) mass is 238 g/mol. The van der Waals surface area contributed by atoms with Crippen LogP contribution in [0.1, 0.15) is 18.5 Å². The van der Waals surface area contributed by atoms with Crippen LogP contribution in [0.25, 0.3) is 0 Å². The van der Waals surface area contributed by atoms with Crippen molar-refractivity contribution in [3.63, 3.8) is 0 Å². The van der Waals surface area contributed by atoms with Gasteiger partial charge in [0.1, 0.15) is 0 Å². The summed E-state index contributed by atoms with van der Waals surface area (Å²) in [5, 5.41) is 3.56. The lowest BCUT2D eigenvalue weighted by atomic mass is 10.1. The van der Waals surface area contributed by atoms with Crippen molar-refractivity contribution in [2.75, 3.05) is 23.9 Å². The lowest BCUT2D eigenvalue weighted by Gasteiger charge is -2.24. The van der Waals surface area contributed by atoms with E-state index in [1.54, 1.807) is 7.11 Å². The summed E-state index contributed by atoms with van der Waals surface area (Å²) in [6.07, 6.45) is 2.57. The number of hydrogen-bond donors (Lipinski definition) is 1. The molecule has 0 aliphatic carbocycles. The third-order valence-corrected chi connectivity index (χ3v) is 4.00. The van der Waals surface area contributed by atoms with Crippen molar-refractivity contribution in [2.45, 2.75) is 25.8 Å². The third-order valence-electron chi connectivity index (χ3n) is 2.79. The van der Waals surface area contributed by atoms with Gasteiger partial charge in [0.25, 0.3) is 0 Å². The first kappa shape index (κ1) is 11.6. The van der Waals surface area contributed by atoms with Crippen molar-refractivity contribution in [3.05, 3.63) is 17.8 Å². The fourth-order valence-corrected chi connectivity index (χ4v) is 2.95. The molecule has 1 unspecified atom stereocenters. The van der Waals surface area contributed by atoms with Crippen LogP contribution in [0.3, 0.4) is 0 Å². The topological polar surface area (TPSA) is 34.1 Å². The first-order valence-electron chi connectivity index (χ1n) is 5.65. The number of anilines is 1. The molecule has 2 heterocycles. The first-order chi connectivity index (χ1) is 7.79. The lowest BCUT2D eigenvalue weighted by molar-refractivity contribution is 0.397. The quantitative estimate of drug-likeness (QED) is 0.878. The van der Waals surface area contributed by atoms with E-state index in [1.807, 2.05) is 24.8 Å². The van der Waals surface area contributed by atoms with E-state index in [4.69, 9.17) is 4.74 Å². The fourth-order valence-electron chi connectivity index (χ4n) is 1.88. The number of ether oxygens (including phenoxy) is 1. The molecule has 88 valence electrons. The highest BCUT2D eigenvalue weighted by atomic mass is 32.2. The fraction of sp³-hybridized carbons (Fsp3) is 0.583. The maximum Gasteiger partial charge on any atom is 0.213 e. The number of aryl methyl sites for hydroxylation is 1. The van der Waals surface area contributed by atoms with E-state index in [-0.39, 0.29) is 0 Å². The number of nitrogens with zero attached hydrogens (tertiary/aromatic N) is 1. The summed E-state index contributed by atoms with van der Waals surface area (Å²) < 4.78 is 5.10. The Morgan fingerprint density at radius 3 is 3.00 bits per heavy atom. The maximum absolute atomic E-state index is 5.10. The molecule has 4 heteroatoms. The van der Waals surface area contributed by atoms with E-state index in [2.05, 4.69) is 16.4 Å². The summed E-state index contributed by atoms with van der Waals surface area (Å²) in [4.78, 5) is 4.37. The standard InChI is InChI=1S/C12H18N2OS/c1-9-11(5-6-12(13-9)15-2)14-10-4-3-7-16-8-10/h5-6,10,14H,3-4,7-8H2,1-2H3. The van der Waals surface area contributed by atoms with E-state index < -0.39 is 0 Å². The van der Waals surface area contributed by atoms with Crippen molar-refractivity contribution >= 4 is 17.4 Å². The number of hydrogen-bond acceptors (Lipinski definition) is 4. The molecule has 1 aromatic rings. The molecule has 1 aromatic heterocycles. The minimum atomic E-state index is 0.590. The van der Waals surface area contributed by atoms with Crippen molar-refractivity contribution in [2.24, 2.45) is 0 Å². The molecule has 0 aromatic carbocycles. The number of methoxy groups -OCH3 is 1. The SMILES string of the molecule is COc1ccc(NC2CCCSC2)c(C)n1. The Morgan fingerprint density at radius 2 is 2.38 bits per heavy atom. The molecule has 0 spiro atoms. The van der Waals surface area contributed by atoms with E-state index in [9.17, 15) is 0 Å². The van der Waals surface area contributed by atoms with Gasteiger partial charge in [-0.3, -0.25) is 0 Å². The van der Waals surface area contributed by atoms with Crippen LogP contribution >= 0.6 is 11.8 Å². The van der Waals surface area contributed by atoms with Crippen LogP contribution in [0, 0.1) is 6.92 Å².